The van der Waals surface area contributed by atoms with Crippen LogP contribution in [0, 0.1) is 28.1 Å². The summed E-state index contributed by atoms with van der Waals surface area (Å²) in [6, 6.07) is 0. The summed E-state index contributed by atoms with van der Waals surface area (Å²) in [7, 11) is 0. The minimum Gasteiger partial charge on any atom is -0.374 e. The van der Waals surface area contributed by atoms with E-state index in [1.54, 1.807) is 0 Å². The van der Waals surface area contributed by atoms with Crippen molar-refractivity contribution in [3.8, 4) is 0 Å². The molecule has 4 atom stereocenters. The molecule has 1 heteroatoms. The Bertz CT molecular complexity index is 284. The van der Waals surface area contributed by atoms with E-state index in [2.05, 4.69) is 69.2 Å². The maximum Gasteiger partial charge on any atom is 0.0664 e. The van der Waals surface area contributed by atoms with Gasteiger partial charge in [0.05, 0.1) is 12.2 Å². The number of rotatable bonds is 0. The van der Waals surface area contributed by atoms with E-state index in [4.69, 9.17) is 4.74 Å². The zero-order valence-electron chi connectivity index (χ0n) is 14.2. The van der Waals surface area contributed by atoms with Crippen molar-refractivity contribution in [1.82, 2.24) is 0 Å². The highest BCUT2D eigenvalue weighted by atomic mass is 16.5. The van der Waals surface area contributed by atoms with Crippen molar-refractivity contribution >= 4 is 0 Å². The highest BCUT2D eigenvalue weighted by molar-refractivity contribution is 5.02. The van der Waals surface area contributed by atoms with E-state index in [0.29, 0.717) is 34.9 Å². The molecule has 0 aliphatic carbocycles. The molecule has 0 aromatic carbocycles. The van der Waals surface area contributed by atoms with Crippen LogP contribution < -0.4 is 0 Å². The van der Waals surface area contributed by atoms with Crippen molar-refractivity contribution in [2.75, 3.05) is 0 Å². The van der Waals surface area contributed by atoms with Crippen LogP contribution in [0.3, 0.4) is 0 Å². The van der Waals surface area contributed by atoms with Gasteiger partial charge >= 0.3 is 0 Å². The molecule has 0 amide bonds. The smallest absolute Gasteiger partial charge is 0.0664 e. The Kier molecular flexibility index (Phi) is 4.01. The van der Waals surface area contributed by atoms with Gasteiger partial charge in [-0.15, -0.1) is 0 Å². The van der Waals surface area contributed by atoms with Gasteiger partial charge in [0.2, 0.25) is 0 Å². The number of ether oxygens (including phenoxy) is 1. The Morgan fingerprint density at radius 3 is 1.28 bits per heavy atom. The maximum atomic E-state index is 6.40. The molecule has 0 radical (unpaired) electrons. The molecule has 1 aliphatic heterocycles. The lowest BCUT2D eigenvalue weighted by Gasteiger charge is -2.44. The van der Waals surface area contributed by atoms with Crippen molar-refractivity contribution in [2.45, 2.75) is 81.4 Å². The summed E-state index contributed by atoms with van der Waals surface area (Å²) in [6.07, 6.45) is 0.718. The summed E-state index contributed by atoms with van der Waals surface area (Å²) >= 11 is 0. The van der Waals surface area contributed by atoms with Gasteiger partial charge in [0.15, 0.2) is 0 Å². The first-order valence-electron chi connectivity index (χ1n) is 7.41. The number of hydrogen-bond acceptors (Lipinski definition) is 1. The molecular weight excluding hydrogens is 220 g/mol. The zero-order chi connectivity index (χ0) is 14.5. The Morgan fingerprint density at radius 1 is 0.611 bits per heavy atom. The quantitative estimate of drug-likeness (QED) is 0.581. The molecule has 0 aromatic rings. The van der Waals surface area contributed by atoms with Crippen LogP contribution in [0.25, 0.3) is 0 Å². The highest BCUT2D eigenvalue weighted by Gasteiger charge is 2.54. The molecule has 1 nitrogen and oxygen atoms in total. The first-order valence-corrected chi connectivity index (χ1v) is 7.41. The van der Waals surface area contributed by atoms with Crippen LogP contribution in [0.15, 0.2) is 0 Å². The maximum absolute atomic E-state index is 6.40. The second-order valence-corrected chi connectivity index (χ2v) is 9.41. The topological polar surface area (TPSA) is 9.23 Å². The molecule has 1 fully saturated rings. The van der Waals surface area contributed by atoms with E-state index in [1.807, 2.05) is 0 Å². The molecule has 0 spiro atoms. The lowest BCUT2D eigenvalue weighted by atomic mass is 9.59. The average molecular weight is 254 g/mol. The van der Waals surface area contributed by atoms with Crippen molar-refractivity contribution in [3.63, 3.8) is 0 Å². The monoisotopic (exact) mass is 254 g/mol. The average Bonchev–Trinajstić information content (AvgIpc) is 2.39. The molecule has 1 rings (SSSR count). The van der Waals surface area contributed by atoms with Gasteiger partial charge in [-0.3, -0.25) is 0 Å². The Labute approximate surface area is 115 Å². The third-order valence-corrected chi connectivity index (χ3v) is 4.43. The lowest BCUT2D eigenvalue weighted by molar-refractivity contribution is -0.0410. The van der Waals surface area contributed by atoms with Gasteiger partial charge in [-0.05, 0) is 35.0 Å². The second-order valence-electron chi connectivity index (χ2n) is 9.41. The lowest BCUT2D eigenvalue weighted by Crippen LogP contribution is -2.43. The zero-order valence-corrected chi connectivity index (χ0v) is 14.2. The Balaban J connectivity index is 3.21. The molecule has 4 unspecified atom stereocenters. The van der Waals surface area contributed by atoms with Gasteiger partial charge < -0.3 is 4.74 Å². The van der Waals surface area contributed by atoms with Gasteiger partial charge in [-0.2, -0.15) is 0 Å². The predicted molar refractivity (Wildman–Crippen MR) is 79.7 cm³/mol. The summed E-state index contributed by atoms with van der Waals surface area (Å²) < 4.78 is 6.40. The number of hydrogen-bond donors (Lipinski definition) is 0. The summed E-state index contributed by atoms with van der Waals surface area (Å²) in [4.78, 5) is 0. The van der Waals surface area contributed by atoms with E-state index in [-0.39, 0.29) is 5.41 Å². The molecular formula is C17H34O. The minimum atomic E-state index is 0.214. The van der Waals surface area contributed by atoms with Crippen molar-refractivity contribution in [2.24, 2.45) is 28.1 Å². The van der Waals surface area contributed by atoms with Crippen LogP contribution in [-0.4, -0.2) is 12.2 Å². The summed E-state index contributed by atoms with van der Waals surface area (Å²) in [5.41, 5.74) is 0.810. The SMILES string of the molecule is CC1OC(C(C)(C)C)C(C(C)(C)C)C1C(C)(C)C. The van der Waals surface area contributed by atoms with Gasteiger partial charge in [-0.25, -0.2) is 0 Å². The molecule has 0 N–H and O–H groups in total. The Hall–Kier alpha value is -0.0400. The fraction of sp³-hybridized carbons (Fsp3) is 1.00. The second kappa shape index (κ2) is 4.51. The first kappa shape index (κ1) is 16.0. The van der Waals surface area contributed by atoms with Crippen molar-refractivity contribution < 1.29 is 4.74 Å². The van der Waals surface area contributed by atoms with Crippen LogP contribution in [0.2, 0.25) is 0 Å². The molecule has 0 bridgehead atoms. The van der Waals surface area contributed by atoms with E-state index in [1.165, 1.54) is 0 Å². The fourth-order valence-electron chi connectivity index (χ4n) is 3.86. The molecule has 108 valence electrons. The van der Waals surface area contributed by atoms with Crippen molar-refractivity contribution in [1.29, 1.82) is 0 Å². The van der Waals surface area contributed by atoms with Crippen molar-refractivity contribution in [3.05, 3.63) is 0 Å². The van der Waals surface area contributed by atoms with Crippen LogP contribution in [-0.2, 0) is 4.74 Å². The van der Waals surface area contributed by atoms with E-state index in [9.17, 15) is 0 Å². The normalized spacial score (nSPS) is 35.0. The van der Waals surface area contributed by atoms with Crippen LogP contribution in [0.5, 0.6) is 0 Å². The molecule has 1 heterocycles. The molecule has 1 aliphatic rings. The highest BCUT2D eigenvalue weighted by Crippen LogP contribution is 2.54. The predicted octanol–water partition coefficient (Wildman–Crippen LogP) is 5.14. The molecule has 18 heavy (non-hydrogen) atoms. The first-order chi connectivity index (χ1) is 7.76. The standard InChI is InChI=1S/C17H34O/c1-11-12(15(2,3)4)13(16(5,6)7)14(18-11)17(8,9)10/h11-14H,1-10H3. The van der Waals surface area contributed by atoms with Gasteiger partial charge in [0.1, 0.15) is 0 Å². The molecule has 1 saturated heterocycles. The van der Waals surface area contributed by atoms with Gasteiger partial charge in [0, 0.05) is 0 Å². The van der Waals surface area contributed by atoms with Gasteiger partial charge in [0.25, 0.3) is 0 Å². The largest absolute Gasteiger partial charge is 0.374 e. The summed E-state index contributed by atoms with van der Waals surface area (Å²) in [6.45, 7) is 23.4. The van der Waals surface area contributed by atoms with Crippen LogP contribution >= 0.6 is 0 Å². The third kappa shape index (κ3) is 3.10. The Morgan fingerprint density at radius 2 is 1.00 bits per heavy atom. The summed E-state index contributed by atoms with van der Waals surface area (Å²) in [5.74, 6) is 1.24. The van der Waals surface area contributed by atoms with Crippen LogP contribution in [0.4, 0.5) is 0 Å². The molecule has 0 saturated carbocycles. The third-order valence-electron chi connectivity index (χ3n) is 4.43. The fourth-order valence-corrected chi connectivity index (χ4v) is 3.86. The van der Waals surface area contributed by atoms with Crippen LogP contribution in [0.1, 0.15) is 69.2 Å². The van der Waals surface area contributed by atoms with Gasteiger partial charge in [-0.1, -0.05) is 62.3 Å². The summed E-state index contributed by atoms with van der Waals surface area (Å²) in [5, 5.41) is 0. The van der Waals surface area contributed by atoms with E-state index in [0.717, 1.165) is 0 Å². The van der Waals surface area contributed by atoms with E-state index < -0.39 is 0 Å². The molecule has 0 aromatic heterocycles. The van der Waals surface area contributed by atoms with E-state index >= 15 is 0 Å². The minimum absolute atomic E-state index is 0.214.